The molecule has 68 valence electrons. The second-order valence-corrected chi connectivity index (χ2v) is 4.77. The molecule has 1 heterocycles. The number of nitrogens with one attached hydrogen (secondary N) is 1. The molecule has 3 fully saturated rings. The Kier molecular flexibility index (Phi) is 1.25. The van der Waals surface area contributed by atoms with E-state index in [9.17, 15) is 5.11 Å². The van der Waals surface area contributed by atoms with E-state index in [-0.39, 0.29) is 11.6 Å². The van der Waals surface area contributed by atoms with Crippen molar-refractivity contribution in [3.05, 3.63) is 0 Å². The molecule has 0 amide bonds. The van der Waals surface area contributed by atoms with Crippen LogP contribution in [0.5, 0.6) is 0 Å². The monoisotopic (exact) mass is 167 g/mol. The Bertz CT molecular complexity index is 180. The summed E-state index contributed by atoms with van der Waals surface area (Å²) in [6, 6.07) is 0. The number of aliphatic hydroxyl groups excluding tert-OH is 1. The first-order valence-corrected chi connectivity index (χ1v) is 5.25. The maximum absolute atomic E-state index is 10.0. The molecular weight excluding hydrogens is 150 g/mol. The quantitative estimate of drug-likeness (QED) is 0.565. The fourth-order valence-electron chi connectivity index (χ4n) is 3.79. The van der Waals surface area contributed by atoms with Crippen molar-refractivity contribution >= 4 is 0 Å². The Balaban J connectivity index is 1.90. The number of rotatable bonds is 0. The van der Waals surface area contributed by atoms with Crippen LogP contribution in [0, 0.1) is 5.41 Å². The molecule has 1 aliphatic heterocycles. The van der Waals surface area contributed by atoms with E-state index in [1.165, 1.54) is 38.5 Å². The van der Waals surface area contributed by atoms with Gasteiger partial charge in [-0.3, -0.25) is 0 Å². The molecule has 3 rings (SSSR count). The second kappa shape index (κ2) is 2.05. The van der Waals surface area contributed by atoms with Crippen molar-refractivity contribution in [3.8, 4) is 0 Å². The van der Waals surface area contributed by atoms with Crippen LogP contribution in [0.1, 0.15) is 38.5 Å². The molecule has 1 saturated heterocycles. The largest absolute Gasteiger partial charge is 0.391 e. The van der Waals surface area contributed by atoms with Gasteiger partial charge in [-0.1, -0.05) is 12.8 Å². The predicted molar refractivity (Wildman–Crippen MR) is 46.9 cm³/mol. The van der Waals surface area contributed by atoms with Crippen molar-refractivity contribution in [2.24, 2.45) is 5.41 Å². The van der Waals surface area contributed by atoms with Crippen LogP contribution in [-0.4, -0.2) is 23.3 Å². The molecule has 2 nitrogen and oxygen atoms in total. The van der Waals surface area contributed by atoms with Gasteiger partial charge in [0.1, 0.15) is 0 Å². The van der Waals surface area contributed by atoms with Gasteiger partial charge in [0.2, 0.25) is 0 Å². The minimum absolute atomic E-state index is 0.0185. The first-order valence-electron chi connectivity index (χ1n) is 5.25. The standard InChI is InChI=1S/C10H17NO/c12-8-9(4-1-2-5-9)10(8)6-3-7-11-10/h8,11-12H,1-7H2/t8-,10-/m1/s1. The first kappa shape index (κ1) is 7.34. The molecule has 3 aliphatic rings. The van der Waals surface area contributed by atoms with E-state index in [0.29, 0.717) is 5.41 Å². The van der Waals surface area contributed by atoms with E-state index in [1.807, 2.05) is 0 Å². The van der Waals surface area contributed by atoms with Crippen LogP contribution in [0.25, 0.3) is 0 Å². The SMILES string of the molecule is O[C@@H]1C2(CCCC2)[C@@]12CCCN2. The molecule has 0 radical (unpaired) electrons. The van der Waals surface area contributed by atoms with Crippen LogP contribution in [0.15, 0.2) is 0 Å². The molecule has 0 aromatic heterocycles. The zero-order valence-corrected chi connectivity index (χ0v) is 7.47. The summed E-state index contributed by atoms with van der Waals surface area (Å²) < 4.78 is 0. The van der Waals surface area contributed by atoms with Crippen LogP contribution >= 0.6 is 0 Å². The van der Waals surface area contributed by atoms with Crippen LogP contribution in [0.2, 0.25) is 0 Å². The van der Waals surface area contributed by atoms with Crippen LogP contribution in [0.4, 0.5) is 0 Å². The van der Waals surface area contributed by atoms with Gasteiger partial charge in [-0.05, 0) is 32.2 Å². The minimum atomic E-state index is -0.0185. The Morgan fingerprint density at radius 1 is 1.08 bits per heavy atom. The molecule has 2 spiro atoms. The third kappa shape index (κ3) is 0.579. The molecule has 12 heavy (non-hydrogen) atoms. The van der Waals surface area contributed by atoms with E-state index >= 15 is 0 Å². The number of aliphatic hydroxyl groups is 1. The van der Waals surface area contributed by atoms with Crippen LogP contribution in [-0.2, 0) is 0 Å². The summed E-state index contributed by atoms with van der Waals surface area (Å²) in [6.07, 6.45) is 7.66. The number of hydrogen-bond donors (Lipinski definition) is 2. The maximum atomic E-state index is 10.0. The van der Waals surface area contributed by atoms with E-state index in [1.54, 1.807) is 0 Å². The highest BCUT2D eigenvalue weighted by molar-refractivity contribution is 5.31. The summed E-state index contributed by atoms with van der Waals surface area (Å²) in [5, 5.41) is 13.5. The molecule has 2 aliphatic carbocycles. The lowest BCUT2D eigenvalue weighted by molar-refractivity contribution is 0.214. The summed E-state index contributed by atoms with van der Waals surface area (Å²) in [5.41, 5.74) is 0.507. The lowest BCUT2D eigenvalue weighted by atomic mass is 9.96. The van der Waals surface area contributed by atoms with Crippen molar-refractivity contribution in [2.45, 2.75) is 50.2 Å². The first-order chi connectivity index (χ1) is 5.82. The number of hydrogen-bond acceptors (Lipinski definition) is 2. The summed E-state index contributed by atoms with van der Waals surface area (Å²) in [6.45, 7) is 1.12. The molecule has 2 N–H and O–H groups in total. The summed E-state index contributed by atoms with van der Waals surface area (Å²) in [4.78, 5) is 0. The molecule has 2 saturated carbocycles. The van der Waals surface area contributed by atoms with Gasteiger partial charge in [0, 0.05) is 5.41 Å². The van der Waals surface area contributed by atoms with Crippen LogP contribution < -0.4 is 5.32 Å². The Labute approximate surface area is 73.4 Å². The van der Waals surface area contributed by atoms with Crippen molar-refractivity contribution in [3.63, 3.8) is 0 Å². The van der Waals surface area contributed by atoms with Crippen LogP contribution in [0.3, 0.4) is 0 Å². The smallest absolute Gasteiger partial charge is 0.0802 e. The predicted octanol–water partition coefficient (Wildman–Crippen LogP) is 1.04. The minimum Gasteiger partial charge on any atom is -0.391 e. The van der Waals surface area contributed by atoms with Gasteiger partial charge in [0.15, 0.2) is 0 Å². The normalized spacial score (nSPS) is 49.2. The topological polar surface area (TPSA) is 32.3 Å². The average Bonchev–Trinajstić information content (AvgIpc) is 2.65. The van der Waals surface area contributed by atoms with Crippen molar-refractivity contribution in [2.75, 3.05) is 6.54 Å². The summed E-state index contributed by atoms with van der Waals surface area (Å²) in [5.74, 6) is 0. The Morgan fingerprint density at radius 2 is 1.83 bits per heavy atom. The molecule has 0 aromatic rings. The van der Waals surface area contributed by atoms with Gasteiger partial charge < -0.3 is 10.4 Å². The van der Waals surface area contributed by atoms with Gasteiger partial charge in [-0.25, -0.2) is 0 Å². The zero-order chi connectivity index (χ0) is 8.23. The fourth-order valence-corrected chi connectivity index (χ4v) is 3.79. The number of fused-ring (bicyclic) bond motifs is 1. The van der Waals surface area contributed by atoms with Crippen molar-refractivity contribution in [1.29, 1.82) is 0 Å². The van der Waals surface area contributed by atoms with Crippen molar-refractivity contribution < 1.29 is 5.11 Å². The van der Waals surface area contributed by atoms with Gasteiger partial charge in [-0.2, -0.15) is 0 Å². The van der Waals surface area contributed by atoms with Crippen molar-refractivity contribution in [1.82, 2.24) is 5.32 Å². The Morgan fingerprint density at radius 3 is 2.42 bits per heavy atom. The average molecular weight is 167 g/mol. The third-order valence-electron chi connectivity index (χ3n) is 4.48. The highest BCUT2D eigenvalue weighted by Crippen LogP contribution is 2.68. The van der Waals surface area contributed by atoms with E-state index in [4.69, 9.17) is 0 Å². The summed E-state index contributed by atoms with van der Waals surface area (Å²) >= 11 is 0. The molecule has 0 aromatic carbocycles. The molecule has 0 unspecified atom stereocenters. The molecule has 0 bridgehead atoms. The molecular formula is C10H17NO. The Hall–Kier alpha value is -0.0800. The lowest BCUT2D eigenvalue weighted by Gasteiger charge is -2.14. The molecule has 2 atom stereocenters. The second-order valence-electron chi connectivity index (χ2n) is 4.77. The maximum Gasteiger partial charge on any atom is 0.0802 e. The molecule has 2 heteroatoms. The lowest BCUT2D eigenvalue weighted by Crippen LogP contribution is -2.31. The van der Waals surface area contributed by atoms with Gasteiger partial charge in [0.05, 0.1) is 11.6 Å². The highest BCUT2D eigenvalue weighted by Gasteiger charge is 2.76. The summed E-state index contributed by atoms with van der Waals surface area (Å²) in [7, 11) is 0. The third-order valence-corrected chi connectivity index (χ3v) is 4.48. The van der Waals surface area contributed by atoms with E-state index in [0.717, 1.165) is 6.54 Å². The van der Waals surface area contributed by atoms with Gasteiger partial charge in [0.25, 0.3) is 0 Å². The van der Waals surface area contributed by atoms with Gasteiger partial charge >= 0.3 is 0 Å². The highest BCUT2D eigenvalue weighted by atomic mass is 16.3. The van der Waals surface area contributed by atoms with Gasteiger partial charge in [-0.15, -0.1) is 0 Å². The van der Waals surface area contributed by atoms with E-state index < -0.39 is 0 Å². The fraction of sp³-hybridized carbons (Fsp3) is 1.00. The zero-order valence-electron chi connectivity index (χ0n) is 7.47. The van der Waals surface area contributed by atoms with E-state index in [2.05, 4.69) is 5.32 Å².